The van der Waals surface area contributed by atoms with Gasteiger partial charge in [0.15, 0.2) is 0 Å². The Hall–Kier alpha value is -1.10. The fraction of sp³-hybridized carbons (Fsp3) is 0.833. The van der Waals surface area contributed by atoms with Crippen molar-refractivity contribution in [1.29, 1.82) is 0 Å². The van der Waals surface area contributed by atoms with Crippen LogP contribution in [0.3, 0.4) is 0 Å². The summed E-state index contributed by atoms with van der Waals surface area (Å²) in [5.74, 6) is 0.400. The van der Waals surface area contributed by atoms with E-state index in [1.165, 1.54) is 0 Å². The van der Waals surface area contributed by atoms with Gasteiger partial charge < -0.3 is 15.4 Å². The van der Waals surface area contributed by atoms with Crippen LogP contribution < -0.4 is 10.6 Å². The average molecular weight is 242 g/mol. The molecule has 1 saturated heterocycles. The van der Waals surface area contributed by atoms with Crippen LogP contribution in [0.25, 0.3) is 0 Å². The molecular formula is C12H22N2O3. The van der Waals surface area contributed by atoms with Gasteiger partial charge in [-0.05, 0) is 32.4 Å². The number of amides is 1. The second-order valence-electron chi connectivity index (χ2n) is 4.41. The van der Waals surface area contributed by atoms with Crippen molar-refractivity contribution in [2.24, 2.45) is 11.8 Å². The Balaban J connectivity index is 2.05. The van der Waals surface area contributed by atoms with Gasteiger partial charge in [0.1, 0.15) is 0 Å². The first-order valence-corrected chi connectivity index (χ1v) is 6.29. The van der Waals surface area contributed by atoms with Crippen molar-refractivity contribution in [1.82, 2.24) is 10.6 Å². The number of rotatable bonds is 7. The highest BCUT2D eigenvalue weighted by Gasteiger charge is 2.28. The fourth-order valence-electron chi connectivity index (χ4n) is 1.72. The molecule has 1 unspecified atom stereocenters. The highest BCUT2D eigenvalue weighted by atomic mass is 16.5. The largest absolute Gasteiger partial charge is 0.466 e. The van der Waals surface area contributed by atoms with Gasteiger partial charge in [0.25, 0.3) is 0 Å². The van der Waals surface area contributed by atoms with E-state index in [9.17, 15) is 9.59 Å². The van der Waals surface area contributed by atoms with Crippen LogP contribution in [0.4, 0.5) is 0 Å². The van der Waals surface area contributed by atoms with Crippen LogP contribution in [0.15, 0.2) is 0 Å². The van der Waals surface area contributed by atoms with Gasteiger partial charge in [0, 0.05) is 18.9 Å². The zero-order valence-corrected chi connectivity index (χ0v) is 10.6. The smallest absolute Gasteiger partial charge is 0.305 e. The van der Waals surface area contributed by atoms with E-state index in [2.05, 4.69) is 10.6 Å². The van der Waals surface area contributed by atoms with E-state index in [0.29, 0.717) is 31.9 Å². The predicted molar refractivity (Wildman–Crippen MR) is 64.4 cm³/mol. The number of nitrogens with one attached hydrogen (secondary N) is 2. The molecule has 0 bridgehead atoms. The van der Waals surface area contributed by atoms with Gasteiger partial charge in [-0.2, -0.15) is 0 Å². The quantitative estimate of drug-likeness (QED) is 0.498. The number of hydrogen-bond donors (Lipinski definition) is 2. The number of carbonyl (C=O) groups is 2. The molecule has 5 heteroatoms. The van der Waals surface area contributed by atoms with Crippen molar-refractivity contribution in [3.05, 3.63) is 0 Å². The van der Waals surface area contributed by atoms with Gasteiger partial charge in [0.2, 0.25) is 5.91 Å². The first-order valence-electron chi connectivity index (χ1n) is 6.29. The molecular weight excluding hydrogens is 220 g/mol. The lowest BCUT2D eigenvalue weighted by molar-refractivity contribution is -0.143. The van der Waals surface area contributed by atoms with Crippen LogP contribution in [-0.2, 0) is 14.3 Å². The van der Waals surface area contributed by atoms with Crippen molar-refractivity contribution in [2.45, 2.75) is 26.7 Å². The normalized spacial score (nSPS) is 17.1. The summed E-state index contributed by atoms with van der Waals surface area (Å²) in [5.41, 5.74) is 0. The van der Waals surface area contributed by atoms with E-state index in [4.69, 9.17) is 4.74 Å². The molecule has 0 aliphatic carbocycles. The number of esters is 1. The van der Waals surface area contributed by atoms with Crippen LogP contribution in [0.1, 0.15) is 26.7 Å². The summed E-state index contributed by atoms with van der Waals surface area (Å²) in [5, 5.41) is 6.01. The topological polar surface area (TPSA) is 67.4 Å². The minimum atomic E-state index is -0.196. The van der Waals surface area contributed by atoms with Crippen LogP contribution in [0.2, 0.25) is 0 Å². The third-order valence-electron chi connectivity index (χ3n) is 3.10. The highest BCUT2D eigenvalue weighted by Crippen LogP contribution is 2.15. The van der Waals surface area contributed by atoms with E-state index in [-0.39, 0.29) is 17.8 Å². The van der Waals surface area contributed by atoms with E-state index in [0.717, 1.165) is 13.1 Å². The van der Waals surface area contributed by atoms with Gasteiger partial charge in [-0.15, -0.1) is 0 Å². The lowest BCUT2D eigenvalue weighted by Gasteiger charge is -2.31. The highest BCUT2D eigenvalue weighted by molar-refractivity contribution is 5.78. The van der Waals surface area contributed by atoms with Crippen molar-refractivity contribution in [3.8, 4) is 0 Å². The van der Waals surface area contributed by atoms with Gasteiger partial charge in [-0.3, -0.25) is 9.59 Å². The van der Waals surface area contributed by atoms with Crippen molar-refractivity contribution in [2.75, 3.05) is 26.2 Å². The molecule has 0 aromatic carbocycles. The van der Waals surface area contributed by atoms with Gasteiger partial charge in [0.05, 0.1) is 6.61 Å². The third kappa shape index (κ3) is 4.73. The predicted octanol–water partition coefficient (Wildman–Crippen LogP) is 0.301. The summed E-state index contributed by atoms with van der Waals surface area (Å²) >= 11 is 0. The number of hydrogen-bond acceptors (Lipinski definition) is 4. The molecule has 2 N–H and O–H groups in total. The van der Waals surface area contributed by atoms with Crippen LogP contribution in [0, 0.1) is 11.8 Å². The molecule has 1 fully saturated rings. The molecule has 1 atom stereocenters. The first-order chi connectivity index (χ1) is 8.15. The van der Waals surface area contributed by atoms with E-state index < -0.39 is 0 Å². The molecule has 1 rings (SSSR count). The zero-order valence-electron chi connectivity index (χ0n) is 10.6. The van der Waals surface area contributed by atoms with E-state index in [1.54, 1.807) is 6.92 Å². The number of carbonyl (C=O) groups excluding carboxylic acids is 2. The first kappa shape index (κ1) is 14.0. The van der Waals surface area contributed by atoms with Crippen molar-refractivity contribution >= 4 is 11.9 Å². The molecule has 0 spiro atoms. The van der Waals surface area contributed by atoms with Gasteiger partial charge >= 0.3 is 5.97 Å². The zero-order chi connectivity index (χ0) is 12.7. The second kappa shape index (κ2) is 7.27. The average Bonchev–Trinajstić information content (AvgIpc) is 2.22. The molecule has 0 radical (unpaired) electrons. The summed E-state index contributed by atoms with van der Waals surface area (Å²) in [7, 11) is 0. The monoisotopic (exact) mass is 242 g/mol. The summed E-state index contributed by atoms with van der Waals surface area (Å²) < 4.78 is 4.80. The van der Waals surface area contributed by atoms with Crippen LogP contribution in [-0.4, -0.2) is 38.1 Å². The minimum Gasteiger partial charge on any atom is -0.466 e. The maximum Gasteiger partial charge on any atom is 0.305 e. The Morgan fingerprint density at radius 2 is 2.18 bits per heavy atom. The molecule has 1 aliphatic rings. The Labute approximate surface area is 102 Å². The van der Waals surface area contributed by atoms with Gasteiger partial charge in [-0.25, -0.2) is 0 Å². The summed E-state index contributed by atoms with van der Waals surface area (Å²) in [6, 6.07) is 0. The molecule has 1 heterocycles. The molecule has 0 aromatic rings. The lowest BCUT2D eigenvalue weighted by atomic mass is 9.88. The van der Waals surface area contributed by atoms with Gasteiger partial charge in [-0.1, -0.05) is 6.92 Å². The molecule has 17 heavy (non-hydrogen) atoms. The summed E-state index contributed by atoms with van der Waals surface area (Å²) in [6.45, 7) is 6.55. The Morgan fingerprint density at radius 3 is 2.71 bits per heavy atom. The Kier molecular flexibility index (Phi) is 5.97. The molecule has 1 aliphatic heterocycles. The SMILES string of the molecule is CCOC(=O)CCCNC(=O)C(C)C1CNC1. The minimum absolute atomic E-state index is 0.0545. The molecule has 0 saturated carbocycles. The second-order valence-corrected chi connectivity index (χ2v) is 4.41. The van der Waals surface area contributed by atoms with E-state index in [1.807, 2.05) is 6.92 Å². The maximum atomic E-state index is 11.7. The van der Waals surface area contributed by atoms with Crippen molar-refractivity contribution < 1.29 is 14.3 Å². The molecule has 0 aromatic heterocycles. The Bertz CT molecular complexity index is 264. The molecule has 1 amide bonds. The summed E-state index contributed by atoms with van der Waals surface area (Å²) in [6.07, 6.45) is 1.01. The molecule has 5 nitrogen and oxygen atoms in total. The third-order valence-corrected chi connectivity index (χ3v) is 3.10. The number of ether oxygens (including phenoxy) is 1. The standard InChI is InChI=1S/C12H22N2O3/c1-3-17-11(15)5-4-6-14-12(16)9(2)10-7-13-8-10/h9-10,13H,3-8H2,1-2H3,(H,14,16). The maximum absolute atomic E-state index is 11.7. The van der Waals surface area contributed by atoms with Crippen LogP contribution >= 0.6 is 0 Å². The molecule has 98 valence electrons. The van der Waals surface area contributed by atoms with E-state index >= 15 is 0 Å². The van der Waals surface area contributed by atoms with Crippen LogP contribution in [0.5, 0.6) is 0 Å². The summed E-state index contributed by atoms with van der Waals surface area (Å²) in [4.78, 5) is 22.7. The fourth-order valence-corrected chi connectivity index (χ4v) is 1.72. The Morgan fingerprint density at radius 1 is 1.47 bits per heavy atom. The van der Waals surface area contributed by atoms with Crippen molar-refractivity contribution in [3.63, 3.8) is 0 Å². The lowest BCUT2D eigenvalue weighted by Crippen LogP contribution is -2.49.